The van der Waals surface area contributed by atoms with Gasteiger partial charge >= 0.3 is 12.3 Å². The number of carbonyl (C=O) groups excluding carboxylic acids is 2. The van der Waals surface area contributed by atoms with Gasteiger partial charge in [0.1, 0.15) is 12.4 Å². The number of halogens is 3. The van der Waals surface area contributed by atoms with Gasteiger partial charge in [0.2, 0.25) is 5.91 Å². The van der Waals surface area contributed by atoms with Gasteiger partial charge in [-0.25, -0.2) is 9.78 Å². The molecule has 0 atom stereocenters. The van der Waals surface area contributed by atoms with Crippen LogP contribution in [0, 0.1) is 0 Å². The van der Waals surface area contributed by atoms with E-state index in [0.29, 0.717) is 16.5 Å². The average Bonchev–Trinajstić information content (AvgIpc) is 3.20. The second kappa shape index (κ2) is 9.82. The topological polar surface area (TPSA) is 68.7 Å². The largest absolute Gasteiger partial charge is 0.573 e. The summed E-state index contributed by atoms with van der Waals surface area (Å²) in [6, 6.07) is 12.0. The number of hydrogen-bond donors (Lipinski definition) is 0. The lowest BCUT2D eigenvalue weighted by atomic mass is 10.1. The first-order valence-electron chi connectivity index (χ1n) is 9.53. The normalized spacial score (nSPS) is 11.2. The molecule has 1 heterocycles. The van der Waals surface area contributed by atoms with Crippen LogP contribution in [-0.2, 0) is 22.6 Å². The molecule has 0 aliphatic carbocycles. The van der Waals surface area contributed by atoms with Crippen molar-refractivity contribution in [1.82, 2.24) is 4.98 Å². The zero-order chi connectivity index (χ0) is 23.3. The number of hydrogen-bond acceptors (Lipinski definition) is 6. The summed E-state index contributed by atoms with van der Waals surface area (Å²) in [7, 11) is 0. The Morgan fingerprint density at radius 3 is 2.28 bits per heavy atom. The van der Waals surface area contributed by atoms with Gasteiger partial charge in [-0.15, -0.1) is 24.5 Å². The summed E-state index contributed by atoms with van der Waals surface area (Å²) in [5.41, 5.74) is 2.32. The molecule has 0 saturated carbocycles. The lowest BCUT2D eigenvalue weighted by molar-refractivity contribution is -0.274. The molecular formula is C22H19F3N2O4S. The van der Waals surface area contributed by atoms with Crippen molar-refractivity contribution in [1.29, 1.82) is 0 Å². The number of nitrogens with zero attached hydrogens (tertiary/aromatic N) is 2. The molecule has 3 rings (SSSR count). The SMILES string of the molecule is CCc1ccc(N(C(C)=O)c2nc(COC(=O)c3ccc(OC(F)(F)F)cc3)cs2)cc1. The Labute approximate surface area is 186 Å². The molecule has 2 aromatic carbocycles. The van der Waals surface area contributed by atoms with E-state index in [2.05, 4.69) is 9.72 Å². The van der Waals surface area contributed by atoms with Gasteiger partial charge in [0.05, 0.1) is 16.9 Å². The Hall–Kier alpha value is -3.40. The highest BCUT2D eigenvalue weighted by Crippen LogP contribution is 2.29. The van der Waals surface area contributed by atoms with Crippen molar-refractivity contribution < 1.29 is 32.2 Å². The summed E-state index contributed by atoms with van der Waals surface area (Å²) in [6.45, 7) is 3.31. The summed E-state index contributed by atoms with van der Waals surface area (Å²) in [5, 5.41) is 2.10. The van der Waals surface area contributed by atoms with Crippen molar-refractivity contribution in [2.24, 2.45) is 0 Å². The van der Waals surface area contributed by atoms with Crippen molar-refractivity contribution in [3.05, 3.63) is 70.7 Å². The van der Waals surface area contributed by atoms with Crippen molar-refractivity contribution in [2.75, 3.05) is 4.90 Å². The molecule has 3 aromatic rings. The molecule has 0 unspecified atom stereocenters. The summed E-state index contributed by atoms with van der Waals surface area (Å²) in [5.74, 6) is -1.38. The van der Waals surface area contributed by atoms with Crippen LogP contribution in [0.5, 0.6) is 5.75 Å². The molecule has 10 heteroatoms. The van der Waals surface area contributed by atoms with Crippen LogP contribution in [0.2, 0.25) is 0 Å². The van der Waals surface area contributed by atoms with Gasteiger partial charge in [0.15, 0.2) is 5.13 Å². The van der Waals surface area contributed by atoms with E-state index in [9.17, 15) is 22.8 Å². The summed E-state index contributed by atoms with van der Waals surface area (Å²) >= 11 is 1.23. The van der Waals surface area contributed by atoms with Crippen LogP contribution >= 0.6 is 11.3 Å². The summed E-state index contributed by atoms with van der Waals surface area (Å²) in [4.78, 5) is 30.2. The maximum Gasteiger partial charge on any atom is 0.573 e. The van der Waals surface area contributed by atoms with E-state index in [1.54, 1.807) is 5.38 Å². The van der Waals surface area contributed by atoms with Crippen LogP contribution in [0.25, 0.3) is 0 Å². The molecule has 1 aromatic heterocycles. The van der Waals surface area contributed by atoms with Gasteiger partial charge in [-0.3, -0.25) is 9.69 Å². The zero-order valence-electron chi connectivity index (χ0n) is 17.2. The third kappa shape index (κ3) is 6.07. The highest BCUT2D eigenvalue weighted by molar-refractivity contribution is 7.14. The number of rotatable bonds is 7. The number of carbonyl (C=O) groups is 2. The van der Waals surface area contributed by atoms with Gasteiger partial charge in [-0.2, -0.15) is 0 Å². The first-order valence-corrected chi connectivity index (χ1v) is 10.4. The lowest BCUT2D eigenvalue weighted by Crippen LogP contribution is -2.22. The van der Waals surface area contributed by atoms with Gasteiger partial charge in [-0.1, -0.05) is 19.1 Å². The molecule has 0 saturated heterocycles. The molecule has 0 N–H and O–H groups in total. The number of esters is 1. The van der Waals surface area contributed by atoms with Gasteiger partial charge in [0, 0.05) is 12.3 Å². The predicted molar refractivity (Wildman–Crippen MR) is 113 cm³/mol. The van der Waals surface area contributed by atoms with Gasteiger partial charge < -0.3 is 9.47 Å². The van der Waals surface area contributed by atoms with E-state index in [-0.39, 0.29) is 18.1 Å². The minimum absolute atomic E-state index is 0.0661. The molecule has 168 valence electrons. The van der Waals surface area contributed by atoms with E-state index in [1.165, 1.54) is 35.3 Å². The molecule has 0 bridgehead atoms. The molecule has 0 aliphatic rings. The molecule has 6 nitrogen and oxygen atoms in total. The fourth-order valence-corrected chi connectivity index (χ4v) is 3.66. The Morgan fingerprint density at radius 1 is 1.06 bits per heavy atom. The number of thiazole rings is 1. The fraction of sp³-hybridized carbons (Fsp3) is 0.227. The number of aromatic nitrogens is 1. The highest BCUT2D eigenvalue weighted by atomic mass is 32.1. The van der Waals surface area contributed by atoms with Crippen LogP contribution in [0.15, 0.2) is 53.9 Å². The average molecular weight is 464 g/mol. The highest BCUT2D eigenvalue weighted by Gasteiger charge is 2.31. The molecule has 1 amide bonds. The van der Waals surface area contributed by atoms with Crippen molar-refractivity contribution >= 4 is 34.0 Å². The lowest BCUT2D eigenvalue weighted by Gasteiger charge is -2.18. The fourth-order valence-electron chi connectivity index (χ4n) is 2.79. The smallest absolute Gasteiger partial charge is 0.456 e. The Bertz CT molecular complexity index is 1080. The zero-order valence-corrected chi connectivity index (χ0v) is 18.0. The van der Waals surface area contributed by atoms with Gasteiger partial charge in [0.25, 0.3) is 0 Å². The van der Waals surface area contributed by atoms with Crippen molar-refractivity contribution in [3.8, 4) is 5.75 Å². The van der Waals surface area contributed by atoms with Crippen LogP contribution in [0.3, 0.4) is 0 Å². The monoisotopic (exact) mass is 464 g/mol. The maximum absolute atomic E-state index is 12.2. The quantitative estimate of drug-likeness (QED) is 0.423. The number of ether oxygens (including phenoxy) is 2. The number of amides is 1. The first kappa shape index (κ1) is 23.3. The van der Waals surface area contributed by atoms with Crippen LogP contribution in [0.1, 0.15) is 35.5 Å². The summed E-state index contributed by atoms with van der Waals surface area (Å²) < 4.78 is 45.6. The second-order valence-corrected chi connectivity index (χ2v) is 7.48. The third-order valence-corrected chi connectivity index (χ3v) is 5.20. The minimum Gasteiger partial charge on any atom is -0.456 e. The van der Waals surface area contributed by atoms with Crippen LogP contribution < -0.4 is 9.64 Å². The molecule has 0 spiro atoms. The molecular weight excluding hydrogens is 445 g/mol. The summed E-state index contributed by atoms with van der Waals surface area (Å²) in [6.07, 6.45) is -3.93. The van der Waals surface area contributed by atoms with Crippen molar-refractivity contribution in [2.45, 2.75) is 33.2 Å². The second-order valence-electron chi connectivity index (χ2n) is 6.64. The standard InChI is InChI=1S/C22H19F3N2O4S/c1-3-15-4-8-18(9-5-15)27(14(2)28)21-26-17(13-32-21)12-30-20(29)16-6-10-19(11-7-16)31-22(23,24)25/h4-11,13H,3,12H2,1-2H3. The Balaban J connectivity index is 1.65. The Kier molecular flexibility index (Phi) is 7.14. The van der Waals surface area contributed by atoms with E-state index in [4.69, 9.17) is 4.74 Å². The van der Waals surface area contributed by atoms with E-state index in [1.807, 2.05) is 31.2 Å². The molecule has 32 heavy (non-hydrogen) atoms. The third-order valence-electron chi connectivity index (χ3n) is 4.32. The van der Waals surface area contributed by atoms with Gasteiger partial charge in [-0.05, 0) is 48.4 Å². The van der Waals surface area contributed by atoms with E-state index >= 15 is 0 Å². The van der Waals surface area contributed by atoms with E-state index < -0.39 is 18.1 Å². The minimum atomic E-state index is -4.81. The van der Waals surface area contributed by atoms with E-state index in [0.717, 1.165) is 24.1 Å². The van der Waals surface area contributed by atoms with Crippen LogP contribution in [0.4, 0.5) is 24.0 Å². The predicted octanol–water partition coefficient (Wildman–Crippen LogP) is 5.65. The first-order chi connectivity index (χ1) is 15.2. The van der Waals surface area contributed by atoms with Crippen molar-refractivity contribution in [3.63, 3.8) is 0 Å². The van der Waals surface area contributed by atoms with Crippen LogP contribution in [-0.4, -0.2) is 23.2 Å². The number of anilines is 2. The Morgan fingerprint density at radius 2 is 1.72 bits per heavy atom. The molecule has 0 aliphatic heterocycles. The number of alkyl halides is 3. The molecule has 0 radical (unpaired) electrons. The maximum atomic E-state index is 12.2. The number of benzene rings is 2. The molecule has 0 fully saturated rings. The number of aryl methyl sites for hydroxylation is 1.